The maximum atomic E-state index is 10.9. The van der Waals surface area contributed by atoms with Gasteiger partial charge < -0.3 is 0 Å². The molecular weight excluding hydrogens is 372 g/mol. The molecule has 0 saturated carbocycles. The second-order valence-electron chi connectivity index (χ2n) is 6.60. The van der Waals surface area contributed by atoms with Crippen LogP contribution in [0.1, 0.15) is 23.6 Å². The lowest BCUT2D eigenvalue weighted by atomic mass is 9.98. The van der Waals surface area contributed by atoms with Crippen molar-refractivity contribution >= 4 is 22.8 Å². The van der Waals surface area contributed by atoms with Gasteiger partial charge in [-0.2, -0.15) is 5.10 Å². The van der Waals surface area contributed by atoms with Crippen LogP contribution in [0.4, 0.5) is 17.1 Å². The predicted octanol–water partition coefficient (Wildman–Crippen LogP) is 4.86. The highest BCUT2D eigenvalue weighted by Crippen LogP contribution is 2.37. The van der Waals surface area contributed by atoms with Crippen molar-refractivity contribution in [1.29, 1.82) is 0 Å². The van der Waals surface area contributed by atoms with Gasteiger partial charge in [0, 0.05) is 30.7 Å². The van der Waals surface area contributed by atoms with Gasteiger partial charge in [0.05, 0.1) is 27.3 Å². The first-order valence-electron chi connectivity index (χ1n) is 8.94. The van der Waals surface area contributed by atoms with Crippen molar-refractivity contribution in [3.05, 3.63) is 110 Å². The van der Waals surface area contributed by atoms with Crippen LogP contribution in [0.25, 0.3) is 0 Å². The minimum atomic E-state index is -0.436. The summed E-state index contributed by atoms with van der Waals surface area (Å²) in [7, 11) is 0. The minimum Gasteiger partial charge on any atom is -0.258 e. The lowest BCUT2D eigenvalue weighted by Gasteiger charge is -2.23. The molecule has 29 heavy (non-hydrogen) atoms. The summed E-state index contributed by atoms with van der Waals surface area (Å²) in [4.78, 5) is 21.0. The lowest BCUT2D eigenvalue weighted by molar-refractivity contribution is -0.385. The molecule has 3 aromatic carbocycles. The van der Waals surface area contributed by atoms with Gasteiger partial charge in [0.1, 0.15) is 0 Å². The first-order chi connectivity index (χ1) is 14.0. The molecule has 0 N–H and O–H groups in total. The summed E-state index contributed by atoms with van der Waals surface area (Å²) in [5, 5.41) is 28.4. The molecule has 0 aromatic heterocycles. The summed E-state index contributed by atoms with van der Waals surface area (Å²) in [6.45, 7) is 0. The number of hydrogen-bond acceptors (Lipinski definition) is 6. The number of rotatable bonds is 5. The van der Waals surface area contributed by atoms with E-state index in [1.165, 1.54) is 24.3 Å². The molecule has 0 radical (unpaired) electrons. The Hall–Kier alpha value is -4.07. The van der Waals surface area contributed by atoms with E-state index in [1.54, 1.807) is 24.3 Å². The quantitative estimate of drug-likeness (QED) is 0.459. The van der Waals surface area contributed by atoms with E-state index >= 15 is 0 Å². The van der Waals surface area contributed by atoms with E-state index in [9.17, 15) is 20.2 Å². The third-order valence-electron chi connectivity index (χ3n) is 4.83. The van der Waals surface area contributed by atoms with Crippen LogP contribution in [0.3, 0.4) is 0 Å². The second kappa shape index (κ2) is 7.51. The highest BCUT2D eigenvalue weighted by atomic mass is 16.6. The number of hydrazone groups is 1. The average molecular weight is 388 g/mol. The fraction of sp³-hybridized carbons (Fsp3) is 0.0952. The Morgan fingerprint density at radius 1 is 0.793 bits per heavy atom. The fourth-order valence-corrected chi connectivity index (χ4v) is 3.36. The molecule has 144 valence electrons. The van der Waals surface area contributed by atoms with Crippen LogP contribution in [-0.4, -0.2) is 15.6 Å². The molecule has 1 heterocycles. The lowest BCUT2D eigenvalue weighted by Crippen LogP contribution is -2.18. The zero-order valence-electron chi connectivity index (χ0n) is 15.2. The van der Waals surface area contributed by atoms with Crippen LogP contribution in [0.15, 0.2) is 84.0 Å². The molecule has 0 saturated heterocycles. The monoisotopic (exact) mass is 388 g/mol. The first kappa shape index (κ1) is 18.3. The van der Waals surface area contributed by atoms with Gasteiger partial charge in [0.2, 0.25) is 0 Å². The molecule has 8 nitrogen and oxygen atoms in total. The number of non-ortho nitro benzene ring substituents is 2. The van der Waals surface area contributed by atoms with Crippen molar-refractivity contribution in [2.45, 2.75) is 12.5 Å². The van der Waals surface area contributed by atoms with Gasteiger partial charge in [-0.25, -0.2) is 0 Å². The summed E-state index contributed by atoms with van der Waals surface area (Å²) in [6, 6.07) is 22.4. The van der Waals surface area contributed by atoms with E-state index in [1.807, 2.05) is 35.3 Å². The van der Waals surface area contributed by atoms with Crippen molar-refractivity contribution in [3.63, 3.8) is 0 Å². The van der Waals surface area contributed by atoms with Crippen molar-refractivity contribution in [2.24, 2.45) is 5.10 Å². The predicted molar refractivity (Wildman–Crippen MR) is 109 cm³/mol. The molecule has 3 aromatic rings. The molecule has 0 aliphatic carbocycles. The molecule has 0 bridgehead atoms. The Labute approximate surface area is 166 Å². The van der Waals surface area contributed by atoms with Gasteiger partial charge in [-0.1, -0.05) is 30.3 Å². The Morgan fingerprint density at radius 3 is 1.90 bits per heavy atom. The minimum absolute atomic E-state index is 0.0174. The van der Waals surface area contributed by atoms with Crippen LogP contribution >= 0.6 is 0 Å². The maximum Gasteiger partial charge on any atom is 0.269 e. The van der Waals surface area contributed by atoms with Crippen molar-refractivity contribution in [1.82, 2.24) is 0 Å². The Morgan fingerprint density at radius 2 is 1.34 bits per heavy atom. The maximum absolute atomic E-state index is 10.9. The number of anilines is 1. The molecule has 0 spiro atoms. The number of hydrogen-bond donors (Lipinski definition) is 0. The van der Waals surface area contributed by atoms with Crippen LogP contribution in [0.5, 0.6) is 0 Å². The standard InChI is InChI=1S/C21H16N4O4/c26-24(27)18-8-6-15(7-9-18)20-14-21(16-4-2-1-3-5-16)23(22-20)17-10-12-19(13-11-17)25(28)29/h1-13,21H,14H2/t21-/m1/s1. The second-order valence-corrected chi connectivity index (χ2v) is 6.60. The Bertz CT molecular complexity index is 1080. The zero-order valence-corrected chi connectivity index (χ0v) is 15.2. The summed E-state index contributed by atoms with van der Waals surface area (Å²) >= 11 is 0. The van der Waals surface area contributed by atoms with Gasteiger partial charge in [0.15, 0.2) is 0 Å². The number of nitro groups is 2. The average Bonchev–Trinajstić information content (AvgIpc) is 3.20. The third kappa shape index (κ3) is 3.68. The zero-order chi connectivity index (χ0) is 20.4. The van der Waals surface area contributed by atoms with Crippen molar-refractivity contribution in [3.8, 4) is 0 Å². The van der Waals surface area contributed by atoms with Crippen LogP contribution in [0.2, 0.25) is 0 Å². The molecule has 0 fully saturated rings. The van der Waals surface area contributed by atoms with Crippen molar-refractivity contribution in [2.75, 3.05) is 5.01 Å². The normalized spacial score (nSPS) is 15.8. The highest BCUT2D eigenvalue weighted by Gasteiger charge is 2.30. The fourth-order valence-electron chi connectivity index (χ4n) is 3.36. The SMILES string of the molecule is O=[N+]([O-])c1ccc(C2=NN(c3ccc([N+](=O)[O-])cc3)[C@@H](c3ccccc3)C2)cc1. The van der Waals surface area contributed by atoms with Crippen LogP contribution in [-0.2, 0) is 0 Å². The van der Waals surface area contributed by atoms with E-state index in [-0.39, 0.29) is 17.4 Å². The summed E-state index contributed by atoms with van der Waals surface area (Å²) in [5.41, 5.74) is 3.45. The molecule has 0 unspecified atom stereocenters. The number of benzene rings is 3. The molecular formula is C21H16N4O4. The Kier molecular flexibility index (Phi) is 4.74. The van der Waals surface area contributed by atoms with E-state index < -0.39 is 9.85 Å². The topological polar surface area (TPSA) is 102 Å². The number of nitrogens with zero attached hydrogens (tertiary/aromatic N) is 4. The van der Waals surface area contributed by atoms with Crippen LogP contribution < -0.4 is 5.01 Å². The molecule has 1 aliphatic heterocycles. The van der Waals surface area contributed by atoms with E-state index in [2.05, 4.69) is 0 Å². The largest absolute Gasteiger partial charge is 0.269 e. The van der Waals surface area contributed by atoms with E-state index in [0.29, 0.717) is 6.42 Å². The molecule has 1 atom stereocenters. The third-order valence-corrected chi connectivity index (χ3v) is 4.83. The Balaban J connectivity index is 1.71. The van der Waals surface area contributed by atoms with Gasteiger partial charge >= 0.3 is 0 Å². The summed E-state index contributed by atoms with van der Waals surface area (Å²) in [5.74, 6) is 0. The first-order valence-corrected chi connectivity index (χ1v) is 8.94. The number of nitro benzene ring substituents is 2. The summed E-state index contributed by atoms with van der Waals surface area (Å²) in [6.07, 6.45) is 0.610. The smallest absolute Gasteiger partial charge is 0.258 e. The highest BCUT2D eigenvalue weighted by molar-refractivity contribution is 6.03. The van der Waals surface area contributed by atoms with Gasteiger partial charge in [-0.15, -0.1) is 0 Å². The molecule has 0 amide bonds. The molecule has 1 aliphatic rings. The van der Waals surface area contributed by atoms with Gasteiger partial charge in [-0.3, -0.25) is 25.2 Å². The summed E-state index contributed by atoms with van der Waals surface area (Å²) < 4.78 is 0. The molecule has 8 heteroatoms. The molecule has 4 rings (SSSR count). The van der Waals surface area contributed by atoms with Gasteiger partial charge in [0.25, 0.3) is 11.4 Å². The van der Waals surface area contributed by atoms with E-state index in [4.69, 9.17) is 5.10 Å². The van der Waals surface area contributed by atoms with Crippen molar-refractivity contribution < 1.29 is 9.85 Å². The van der Waals surface area contributed by atoms with Gasteiger partial charge in [-0.05, 0) is 35.4 Å². The van der Waals surface area contributed by atoms with Crippen LogP contribution in [0, 0.1) is 20.2 Å². The van der Waals surface area contributed by atoms with E-state index in [0.717, 1.165) is 22.5 Å².